The summed E-state index contributed by atoms with van der Waals surface area (Å²) in [4.78, 5) is 21.5. The summed E-state index contributed by atoms with van der Waals surface area (Å²) in [6, 6.07) is 20.2. The van der Waals surface area contributed by atoms with Crippen LogP contribution in [0.1, 0.15) is 20.7 Å². The first-order valence-corrected chi connectivity index (χ1v) is 8.93. The van der Waals surface area contributed by atoms with E-state index in [1.165, 1.54) is 12.1 Å². The van der Waals surface area contributed by atoms with E-state index < -0.39 is 11.9 Å². The minimum absolute atomic E-state index is 0. The maximum absolute atomic E-state index is 10.8. The van der Waals surface area contributed by atoms with Crippen LogP contribution in [0, 0.1) is 0 Å². The van der Waals surface area contributed by atoms with Gasteiger partial charge in [-0.15, -0.1) is 0 Å². The second kappa shape index (κ2) is 9.84. The third-order valence-electron chi connectivity index (χ3n) is 4.18. The van der Waals surface area contributed by atoms with Crippen LogP contribution in [0.5, 0.6) is 0 Å². The molecule has 0 unspecified atom stereocenters. The molecule has 0 bridgehead atoms. The molecule has 0 radical (unpaired) electrons. The van der Waals surface area contributed by atoms with Gasteiger partial charge in [0, 0.05) is 31.9 Å². The SMILES string of the molecule is O=C([O-])c1cccc2c(Cl)cccc12.O=C([O-])c1cccc2c(Cl)cccc12.[Zn+2]. The van der Waals surface area contributed by atoms with Crippen molar-refractivity contribution in [2.45, 2.75) is 0 Å². The van der Waals surface area contributed by atoms with Gasteiger partial charge in [0.2, 0.25) is 0 Å². The summed E-state index contributed by atoms with van der Waals surface area (Å²) < 4.78 is 0. The molecule has 0 aliphatic heterocycles. The molecule has 0 aliphatic rings. The first-order valence-electron chi connectivity index (χ1n) is 8.17. The Labute approximate surface area is 189 Å². The molecule has 140 valence electrons. The Morgan fingerprint density at radius 3 is 1.21 bits per heavy atom. The largest absolute Gasteiger partial charge is 2.00 e. The zero-order valence-electron chi connectivity index (χ0n) is 15.0. The summed E-state index contributed by atoms with van der Waals surface area (Å²) in [6.07, 6.45) is 0. The van der Waals surface area contributed by atoms with Crippen molar-refractivity contribution in [3.05, 3.63) is 94.0 Å². The minimum Gasteiger partial charge on any atom is -0.545 e. The molecule has 0 spiro atoms. The Hall–Kier alpha value is -2.46. The first-order chi connectivity index (χ1) is 13.4. The predicted molar refractivity (Wildman–Crippen MR) is 107 cm³/mol. The fraction of sp³-hybridized carbons (Fsp3) is 0. The van der Waals surface area contributed by atoms with Gasteiger partial charge in [0.05, 0.1) is 11.9 Å². The van der Waals surface area contributed by atoms with Gasteiger partial charge >= 0.3 is 19.5 Å². The molecule has 0 saturated heterocycles. The van der Waals surface area contributed by atoms with E-state index >= 15 is 0 Å². The average molecular weight is 477 g/mol. The molecule has 7 heteroatoms. The topological polar surface area (TPSA) is 80.3 Å². The van der Waals surface area contributed by atoms with Gasteiger partial charge in [-0.2, -0.15) is 0 Å². The number of rotatable bonds is 2. The normalized spacial score (nSPS) is 10.0. The molecule has 29 heavy (non-hydrogen) atoms. The van der Waals surface area contributed by atoms with Crippen molar-refractivity contribution in [2.75, 3.05) is 0 Å². The van der Waals surface area contributed by atoms with Crippen LogP contribution in [0.3, 0.4) is 0 Å². The number of halogens is 2. The van der Waals surface area contributed by atoms with Crippen molar-refractivity contribution in [3.63, 3.8) is 0 Å². The minimum atomic E-state index is -1.18. The zero-order valence-corrected chi connectivity index (χ0v) is 19.5. The maximum atomic E-state index is 10.8. The molecule has 0 fully saturated rings. The fourth-order valence-corrected chi connectivity index (χ4v) is 3.37. The van der Waals surface area contributed by atoms with E-state index in [0.29, 0.717) is 20.8 Å². The molecular weight excluding hydrogens is 465 g/mol. The van der Waals surface area contributed by atoms with Crippen molar-refractivity contribution in [1.82, 2.24) is 0 Å². The monoisotopic (exact) mass is 474 g/mol. The van der Waals surface area contributed by atoms with Crippen molar-refractivity contribution in [2.24, 2.45) is 0 Å². The molecule has 4 aromatic rings. The number of carboxylic acid groups (broad SMARTS) is 2. The molecule has 0 heterocycles. The molecule has 4 nitrogen and oxygen atoms in total. The zero-order chi connectivity index (χ0) is 20.3. The van der Waals surface area contributed by atoms with E-state index in [1.54, 1.807) is 60.7 Å². The third kappa shape index (κ3) is 4.94. The number of carboxylic acids is 2. The smallest absolute Gasteiger partial charge is 0.545 e. The van der Waals surface area contributed by atoms with Crippen molar-refractivity contribution >= 4 is 56.7 Å². The van der Waals surface area contributed by atoms with Crippen molar-refractivity contribution in [3.8, 4) is 0 Å². The third-order valence-corrected chi connectivity index (χ3v) is 4.84. The Morgan fingerprint density at radius 1 is 0.552 bits per heavy atom. The van der Waals surface area contributed by atoms with Crippen LogP contribution in [0.4, 0.5) is 0 Å². The number of fused-ring (bicyclic) bond motifs is 2. The van der Waals surface area contributed by atoms with Crippen LogP contribution in [0.15, 0.2) is 72.8 Å². The molecule has 0 aliphatic carbocycles. The fourth-order valence-electron chi connectivity index (χ4n) is 2.90. The van der Waals surface area contributed by atoms with Crippen LogP contribution in [0.25, 0.3) is 21.5 Å². The molecule has 0 atom stereocenters. The Bertz CT molecular complexity index is 1110. The molecule has 4 aromatic carbocycles. The van der Waals surface area contributed by atoms with Gasteiger partial charge in [-0.1, -0.05) is 83.9 Å². The molecule has 0 N–H and O–H groups in total. The number of aromatic carboxylic acids is 2. The number of benzene rings is 4. The van der Waals surface area contributed by atoms with E-state index in [0.717, 1.165) is 10.8 Å². The number of hydrogen-bond acceptors (Lipinski definition) is 4. The van der Waals surface area contributed by atoms with E-state index in [-0.39, 0.29) is 30.6 Å². The standard InChI is InChI=1S/2C11H7ClO2.Zn/c2*12-10-6-2-3-7-8(10)4-1-5-9(7)11(13)14;/h2*1-6H,(H,13,14);/q;;+2/p-2. The van der Waals surface area contributed by atoms with Gasteiger partial charge in [-0.3, -0.25) is 0 Å². The summed E-state index contributed by atoms with van der Waals surface area (Å²) in [5.74, 6) is -2.37. The van der Waals surface area contributed by atoms with Gasteiger partial charge in [-0.25, -0.2) is 0 Å². The van der Waals surface area contributed by atoms with Gasteiger partial charge in [-0.05, 0) is 22.9 Å². The second-order valence-corrected chi connectivity index (χ2v) is 6.67. The average Bonchev–Trinajstić information content (AvgIpc) is 2.68. The van der Waals surface area contributed by atoms with Crippen molar-refractivity contribution in [1.29, 1.82) is 0 Å². The number of carbonyl (C=O) groups is 2. The molecular formula is C22H12Cl2O4Zn. The molecule has 0 saturated carbocycles. The predicted octanol–water partition coefficient (Wildman–Crippen LogP) is 3.71. The van der Waals surface area contributed by atoms with Crippen LogP contribution in [-0.4, -0.2) is 11.9 Å². The van der Waals surface area contributed by atoms with Gasteiger partial charge in [0.25, 0.3) is 0 Å². The molecule has 0 amide bonds. The van der Waals surface area contributed by atoms with E-state index in [9.17, 15) is 19.8 Å². The maximum Gasteiger partial charge on any atom is 2.00 e. The summed E-state index contributed by atoms with van der Waals surface area (Å²) in [6.45, 7) is 0. The van der Waals surface area contributed by atoms with Gasteiger partial charge in [0.1, 0.15) is 0 Å². The molecule has 0 aromatic heterocycles. The number of carbonyl (C=O) groups excluding carboxylic acids is 2. The summed E-state index contributed by atoms with van der Waals surface area (Å²) >= 11 is 11.8. The second-order valence-electron chi connectivity index (χ2n) is 5.86. The van der Waals surface area contributed by atoms with E-state index in [1.807, 2.05) is 0 Å². The summed E-state index contributed by atoms with van der Waals surface area (Å²) in [7, 11) is 0. The van der Waals surface area contributed by atoms with E-state index in [2.05, 4.69) is 0 Å². The molecule has 4 rings (SSSR count). The first kappa shape index (κ1) is 22.8. The van der Waals surface area contributed by atoms with Crippen LogP contribution in [-0.2, 0) is 19.5 Å². The van der Waals surface area contributed by atoms with Crippen LogP contribution < -0.4 is 10.2 Å². The van der Waals surface area contributed by atoms with Gasteiger partial charge < -0.3 is 19.8 Å². The van der Waals surface area contributed by atoms with Crippen LogP contribution >= 0.6 is 23.2 Å². The van der Waals surface area contributed by atoms with Crippen molar-refractivity contribution < 1.29 is 39.3 Å². The summed E-state index contributed by atoms with van der Waals surface area (Å²) in [5, 5.41) is 25.3. The Kier molecular flexibility index (Phi) is 7.75. The van der Waals surface area contributed by atoms with Crippen LogP contribution in [0.2, 0.25) is 10.0 Å². The Balaban J connectivity index is 0.000000200. The van der Waals surface area contributed by atoms with Gasteiger partial charge in [0.15, 0.2) is 0 Å². The Morgan fingerprint density at radius 2 is 0.862 bits per heavy atom. The summed E-state index contributed by atoms with van der Waals surface area (Å²) in [5.41, 5.74) is 0.343. The quantitative estimate of drug-likeness (QED) is 0.413. The number of hydrogen-bond donors (Lipinski definition) is 0. The van der Waals surface area contributed by atoms with E-state index in [4.69, 9.17) is 23.2 Å².